The van der Waals surface area contributed by atoms with Crippen molar-refractivity contribution in [3.8, 4) is 0 Å². The Morgan fingerprint density at radius 2 is 1.88 bits per heavy atom. The molecule has 0 bridgehead atoms. The maximum Gasteiger partial charge on any atom is 0.326 e. The fourth-order valence-corrected chi connectivity index (χ4v) is 3.40. The van der Waals surface area contributed by atoms with Gasteiger partial charge in [-0.05, 0) is 11.6 Å². The van der Waals surface area contributed by atoms with E-state index in [9.17, 15) is 14.4 Å². The second-order valence-corrected chi connectivity index (χ2v) is 7.04. The Labute approximate surface area is 157 Å². The first-order valence-corrected chi connectivity index (χ1v) is 8.89. The van der Waals surface area contributed by atoms with Crippen LogP contribution >= 0.6 is 11.6 Å². The van der Waals surface area contributed by atoms with Gasteiger partial charge >= 0.3 is 6.03 Å². The topological polar surface area (TPSA) is 77.1 Å². The number of rotatable bonds is 4. The van der Waals surface area contributed by atoms with Crippen LogP contribution in [0, 0.1) is 0 Å². The molecule has 2 fully saturated rings. The van der Waals surface area contributed by atoms with E-state index in [1.54, 1.807) is 24.2 Å². The van der Waals surface area contributed by atoms with Crippen molar-refractivity contribution in [2.24, 2.45) is 0 Å². The van der Waals surface area contributed by atoms with Crippen molar-refractivity contribution >= 4 is 29.4 Å². The number of urea groups is 1. The van der Waals surface area contributed by atoms with Crippen LogP contribution in [0.5, 0.6) is 0 Å². The summed E-state index contributed by atoms with van der Waals surface area (Å²) >= 11 is 5.80. The molecule has 4 amide bonds. The average molecular weight is 380 g/mol. The van der Waals surface area contributed by atoms with Crippen LogP contribution in [0.25, 0.3) is 0 Å². The Morgan fingerprint density at radius 1 is 1.19 bits per heavy atom. The molecule has 0 aliphatic carbocycles. The number of imide groups is 1. The van der Waals surface area contributed by atoms with Gasteiger partial charge < -0.3 is 9.80 Å². The summed E-state index contributed by atoms with van der Waals surface area (Å²) in [5.74, 6) is -0.411. The lowest BCUT2D eigenvalue weighted by Gasteiger charge is -2.35. The first kappa shape index (κ1) is 18.6. The standard InChI is InChI=1S/C17H22ClN5O3/c1-20-13(16(25)21(2)17(20)26)9-15(24)23-7-5-22(6-8-23)11-12-3-4-14(18)19-10-12/h3-4,10,13H,5-9,11H2,1-2H3. The third-order valence-corrected chi connectivity index (χ3v) is 5.18. The zero-order valence-electron chi connectivity index (χ0n) is 14.9. The van der Waals surface area contributed by atoms with Gasteiger partial charge in [-0.2, -0.15) is 0 Å². The molecule has 0 saturated carbocycles. The van der Waals surface area contributed by atoms with Crippen LogP contribution in [0.3, 0.4) is 0 Å². The monoisotopic (exact) mass is 379 g/mol. The molecular weight excluding hydrogens is 358 g/mol. The molecule has 0 aromatic carbocycles. The van der Waals surface area contributed by atoms with Gasteiger partial charge in [-0.1, -0.05) is 17.7 Å². The van der Waals surface area contributed by atoms with Gasteiger partial charge in [0, 0.05) is 53.0 Å². The molecule has 2 saturated heterocycles. The van der Waals surface area contributed by atoms with E-state index < -0.39 is 6.04 Å². The highest BCUT2D eigenvalue weighted by Crippen LogP contribution is 2.18. The average Bonchev–Trinajstić information content (AvgIpc) is 2.82. The molecule has 0 spiro atoms. The molecule has 140 valence electrons. The number of carbonyl (C=O) groups excluding carboxylic acids is 3. The molecule has 0 radical (unpaired) electrons. The maximum absolute atomic E-state index is 12.5. The fraction of sp³-hybridized carbons (Fsp3) is 0.529. The van der Waals surface area contributed by atoms with Crippen molar-refractivity contribution in [2.45, 2.75) is 19.0 Å². The second kappa shape index (κ2) is 7.59. The van der Waals surface area contributed by atoms with Crippen LogP contribution in [0.4, 0.5) is 4.79 Å². The van der Waals surface area contributed by atoms with Crippen LogP contribution in [-0.2, 0) is 16.1 Å². The van der Waals surface area contributed by atoms with E-state index >= 15 is 0 Å². The second-order valence-electron chi connectivity index (χ2n) is 6.66. The summed E-state index contributed by atoms with van der Waals surface area (Å²) in [5, 5.41) is 0.472. The summed E-state index contributed by atoms with van der Waals surface area (Å²) in [7, 11) is 3.00. The molecule has 9 heteroatoms. The van der Waals surface area contributed by atoms with Gasteiger partial charge in [0.15, 0.2) is 0 Å². The SMILES string of the molecule is CN1C(=O)C(CC(=O)N2CCN(Cc3ccc(Cl)nc3)CC2)N(C)C1=O. The number of aromatic nitrogens is 1. The molecule has 2 aliphatic heterocycles. The largest absolute Gasteiger partial charge is 0.340 e. The summed E-state index contributed by atoms with van der Waals surface area (Å²) in [5.41, 5.74) is 1.08. The van der Waals surface area contributed by atoms with Gasteiger partial charge in [-0.25, -0.2) is 9.78 Å². The Balaban J connectivity index is 1.50. The first-order valence-electron chi connectivity index (χ1n) is 8.51. The Kier molecular flexibility index (Phi) is 5.43. The molecule has 0 N–H and O–H groups in total. The molecule has 1 unspecified atom stereocenters. The van der Waals surface area contributed by atoms with Gasteiger partial charge in [0.05, 0.1) is 6.42 Å². The Morgan fingerprint density at radius 3 is 2.42 bits per heavy atom. The van der Waals surface area contributed by atoms with Gasteiger partial charge in [0.2, 0.25) is 5.91 Å². The van der Waals surface area contributed by atoms with Crippen molar-refractivity contribution in [1.29, 1.82) is 0 Å². The van der Waals surface area contributed by atoms with E-state index in [1.807, 2.05) is 6.07 Å². The lowest BCUT2D eigenvalue weighted by Crippen LogP contribution is -2.49. The van der Waals surface area contributed by atoms with Gasteiger partial charge in [0.25, 0.3) is 5.91 Å². The summed E-state index contributed by atoms with van der Waals surface area (Å²) in [6.07, 6.45) is 1.79. The molecule has 1 aromatic rings. The minimum absolute atomic E-state index is 0.0342. The summed E-state index contributed by atoms with van der Waals surface area (Å²) in [4.78, 5) is 46.9. The number of carbonyl (C=O) groups is 3. The van der Waals surface area contributed by atoms with Crippen molar-refractivity contribution in [3.05, 3.63) is 29.0 Å². The van der Waals surface area contributed by atoms with Crippen LogP contribution in [0.1, 0.15) is 12.0 Å². The third-order valence-electron chi connectivity index (χ3n) is 4.96. The first-order chi connectivity index (χ1) is 12.4. The van der Waals surface area contributed by atoms with Crippen molar-refractivity contribution in [1.82, 2.24) is 24.6 Å². The van der Waals surface area contributed by atoms with E-state index in [2.05, 4.69) is 9.88 Å². The molecule has 3 heterocycles. The molecule has 26 heavy (non-hydrogen) atoms. The van der Waals surface area contributed by atoms with E-state index in [0.717, 1.165) is 30.1 Å². The molecule has 1 aromatic heterocycles. The number of hydrogen-bond donors (Lipinski definition) is 0. The number of nitrogens with zero attached hydrogens (tertiary/aromatic N) is 5. The summed E-state index contributed by atoms with van der Waals surface area (Å²) < 4.78 is 0. The van der Waals surface area contributed by atoms with Crippen LogP contribution in [0.15, 0.2) is 18.3 Å². The van der Waals surface area contributed by atoms with Gasteiger partial charge in [0.1, 0.15) is 11.2 Å². The highest BCUT2D eigenvalue weighted by molar-refractivity contribution is 6.29. The zero-order valence-corrected chi connectivity index (χ0v) is 15.6. The molecule has 3 rings (SSSR count). The quantitative estimate of drug-likeness (QED) is 0.567. The highest BCUT2D eigenvalue weighted by atomic mass is 35.5. The Bertz CT molecular complexity index is 703. The molecule has 2 aliphatic rings. The van der Waals surface area contributed by atoms with Crippen LogP contribution in [-0.4, -0.2) is 88.7 Å². The van der Waals surface area contributed by atoms with E-state index in [4.69, 9.17) is 11.6 Å². The van der Waals surface area contributed by atoms with E-state index in [-0.39, 0.29) is 24.3 Å². The van der Waals surface area contributed by atoms with Crippen molar-refractivity contribution in [2.75, 3.05) is 40.3 Å². The number of hydrogen-bond acceptors (Lipinski definition) is 5. The Hall–Kier alpha value is -2.19. The lowest BCUT2D eigenvalue weighted by atomic mass is 10.1. The molecule has 1 atom stereocenters. The fourth-order valence-electron chi connectivity index (χ4n) is 3.29. The van der Waals surface area contributed by atoms with Crippen LogP contribution < -0.4 is 0 Å². The predicted octanol–water partition coefficient (Wildman–Crippen LogP) is 0.662. The smallest absolute Gasteiger partial charge is 0.326 e. The lowest BCUT2D eigenvalue weighted by molar-refractivity contribution is -0.137. The highest BCUT2D eigenvalue weighted by Gasteiger charge is 2.42. The summed E-state index contributed by atoms with van der Waals surface area (Å²) in [6, 6.07) is 2.65. The normalized spacial score (nSPS) is 21.7. The number of halogens is 1. The minimum atomic E-state index is -0.696. The van der Waals surface area contributed by atoms with Gasteiger partial charge in [-0.15, -0.1) is 0 Å². The maximum atomic E-state index is 12.5. The number of amides is 4. The van der Waals surface area contributed by atoms with Crippen molar-refractivity contribution in [3.63, 3.8) is 0 Å². The van der Waals surface area contributed by atoms with Gasteiger partial charge in [-0.3, -0.25) is 19.4 Å². The molecule has 8 nitrogen and oxygen atoms in total. The zero-order chi connectivity index (χ0) is 18.8. The van der Waals surface area contributed by atoms with E-state index in [1.165, 1.54) is 11.9 Å². The predicted molar refractivity (Wildman–Crippen MR) is 95.4 cm³/mol. The minimum Gasteiger partial charge on any atom is -0.340 e. The molecular formula is C17H22ClN5O3. The van der Waals surface area contributed by atoms with Crippen LogP contribution in [0.2, 0.25) is 5.15 Å². The number of likely N-dealkylation sites (N-methyl/N-ethyl adjacent to an activating group) is 2. The van der Waals surface area contributed by atoms with E-state index in [0.29, 0.717) is 18.2 Å². The summed E-state index contributed by atoms with van der Waals surface area (Å²) in [6.45, 7) is 3.47. The number of piperazine rings is 1. The van der Waals surface area contributed by atoms with Crippen molar-refractivity contribution < 1.29 is 14.4 Å². The third kappa shape index (κ3) is 3.81. The number of pyridine rings is 1.